The molecule has 0 saturated heterocycles. The molecule has 0 aromatic heterocycles. The van der Waals surface area contributed by atoms with Gasteiger partial charge in [0.05, 0.1) is 13.7 Å². The Morgan fingerprint density at radius 3 is 2.43 bits per heavy atom. The molecule has 12 nitrogen and oxygen atoms in total. The molecule has 1 aromatic rings. The van der Waals surface area contributed by atoms with Crippen molar-refractivity contribution < 1.29 is 38.6 Å². The third kappa shape index (κ3) is 10.7. The lowest BCUT2D eigenvalue weighted by Gasteiger charge is -2.34. The van der Waals surface area contributed by atoms with Gasteiger partial charge in [-0.1, -0.05) is 30.9 Å². The standard InChI is InChI=1S/C25H36N4O8/c1-6-16-8-7-9-17(14-16)21(22(33)27-15-20(32)36-5)29(12-13-30)23(34)18(10-11-19(26)31)28-24(35)37-25(2,3)4/h6-9,14,18,21,30H,1,10-13,15H2,2-5H3,(H2,26,31)(H,27,33)(H,28,35). The zero-order chi connectivity index (χ0) is 28.2. The van der Waals surface area contributed by atoms with Gasteiger partial charge in [0.15, 0.2) is 0 Å². The average molecular weight is 521 g/mol. The van der Waals surface area contributed by atoms with Crippen molar-refractivity contribution in [1.29, 1.82) is 0 Å². The smallest absolute Gasteiger partial charge is 0.408 e. The molecule has 12 heteroatoms. The molecular formula is C25H36N4O8. The average Bonchev–Trinajstić information content (AvgIpc) is 2.83. The molecule has 0 heterocycles. The Morgan fingerprint density at radius 2 is 1.89 bits per heavy atom. The summed E-state index contributed by atoms with van der Waals surface area (Å²) in [6.07, 6.45) is 0.202. The molecule has 204 valence electrons. The molecule has 0 aliphatic carbocycles. The second kappa shape index (κ2) is 14.6. The number of nitrogens with one attached hydrogen (secondary N) is 2. The van der Waals surface area contributed by atoms with E-state index in [0.717, 1.165) is 12.0 Å². The summed E-state index contributed by atoms with van der Waals surface area (Å²) < 4.78 is 9.80. The van der Waals surface area contributed by atoms with Crippen molar-refractivity contribution in [2.24, 2.45) is 5.73 Å². The van der Waals surface area contributed by atoms with E-state index in [2.05, 4.69) is 21.9 Å². The quantitative estimate of drug-likeness (QED) is 0.274. The van der Waals surface area contributed by atoms with E-state index in [1.807, 2.05) is 0 Å². The number of aliphatic hydroxyl groups excluding tert-OH is 1. The number of carbonyl (C=O) groups is 5. The number of aliphatic hydroxyl groups is 1. The van der Waals surface area contributed by atoms with Crippen molar-refractivity contribution in [2.75, 3.05) is 26.8 Å². The molecule has 0 aliphatic heterocycles. The second-order valence-corrected chi connectivity index (χ2v) is 9.03. The van der Waals surface area contributed by atoms with Gasteiger partial charge in [-0.3, -0.25) is 19.2 Å². The summed E-state index contributed by atoms with van der Waals surface area (Å²) in [7, 11) is 1.16. The zero-order valence-corrected chi connectivity index (χ0v) is 21.6. The molecular weight excluding hydrogens is 484 g/mol. The number of amides is 4. The SMILES string of the molecule is C=Cc1cccc(C(C(=O)NCC(=O)OC)N(CCO)C(=O)C(CCC(N)=O)NC(=O)OC(C)(C)C)c1. The lowest BCUT2D eigenvalue weighted by Crippen LogP contribution is -2.54. The van der Waals surface area contributed by atoms with Gasteiger partial charge in [-0.05, 0) is 44.4 Å². The van der Waals surface area contributed by atoms with Crippen LogP contribution in [0.3, 0.4) is 0 Å². The van der Waals surface area contributed by atoms with Crippen LogP contribution in [0, 0.1) is 0 Å². The molecule has 2 unspecified atom stereocenters. The molecule has 37 heavy (non-hydrogen) atoms. The van der Waals surface area contributed by atoms with Crippen LogP contribution in [-0.2, 0) is 28.7 Å². The predicted molar refractivity (Wildman–Crippen MR) is 135 cm³/mol. The van der Waals surface area contributed by atoms with Crippen LogP contribution in [0.15, 0.2) is 30.8 Å². The summed E-state index contributed by atoms with van der Waals surface area (Å²) in [5, 5.41) is 14.6. The van der Waals surface area contributed by atoms with Crippen molar-refractivity contribution in [3.63, 3.8) is 0 Å². The minimum Gasteiger partial charge on any atom is -0.468 e. The Bertz CT molecular complexity index is 989. The number of hydrogen-bond acceptors (Lipinski definition) is 8. The van der Waals surface area contributed by atoms with Crippen LogP contribution < -0.4 is 16.4 Å². The number of alkyl carbamates (subject to hydrolysis) is 1. The van der Waals surface area contributed by atoms with Crippen LogP contribution in [0.4, 0.5) is 4.79 Å². The normalized spacial score (nSPS) is 12.5. The summed E-state index contributed by atoms with van der Waals surface area (Å²) in [6.45, 7) is 7.32. The molecule has 2 atom stereocenters. The maximum atomic E-state index is 13.7. The lowest BCUT2D eigenvalue weighted by molar-refractivity contribution is -0.145. The van der Waals surface area contributed by atoms with Crippen LogP contribution in [-0.4, -0.2) is 78.2 Å². The molecule has 0 saturated carbocycles. The molecule has 5 N–H and O–H groups in total. The van der Waals surface area contributed by atoms with Gasteiger partial charge in [0, 0.05) is 13.0 Å². The third-order valence-corrected chi connectivity index (χ3v) is 4.95. The summed E-state index contributed by atoms with van der Waals surface area (Å²) in [6, 6.07) is 3.96. The van der Waals surface area contributed by atoms with Crippen LogP contribution in [0.25, 0.3) is 6.08 Å². The van der Waals surface area contributed by atoms with Crippen LogP contribution in [0.5, 0.6) is 0 Å². The van der Waals surface area contributed by atoms with E-state index in [-0.39, 0.29) is 19.4 Å². The van der Waals surface area contributed by atoms with E-state index < -0.39 is 60.6 Å². The zero-order valence-electron chi connectivity index (χ0n) is 21.6. The minimum atomic E-state index is -1.32. The highest BCUT2D eigenvalue weighted by molar-refractivity contribution is 5.93. The number of ether oxygens (including phenoxy) is 2. The van der Waals surface area contributed by atoms with Gasteiger partial charge in [-0.15, -0.1) is 0 Å². The molecule has 0 radical (unpaired) electrons. The van der Waals surface area contributed by atoms with E-state index in [9.17, 15) is 29.1 Å². The Balaban J connectivity index is 3.48. The number of nitrogens with two attached hydrogens (primary N) is 1. The van der Waals surface area contributed by atoms with Gasteiger partial charge >= 0.3 is 12.1 Å². The Labute approximate surface area is 216 Å². The van der Waals surface area contributed by atoms with Gasteiger partial charge in [-0.25, -0.2) is 4.79 Å². The predicted octanol–water partition coefficient (Wildman–Crippen LogP) is 0.640. The number of rotatable bonds is 13. The monoisotopic (exact) mass is 520 g/mol. The summed E-state index contributed by atoms with van der Waals surface area (Å²) in [5.74, 6) is -2.93. The first-order valence-electron chi connectivity index (χ1n) is 11.6. The highest BCUT2D eigenvalue weighted by Crippen LogP contribution is 2.24. The number of nitrogens with zero attached hydrogens (tertiary/aromatic N) is 1. The lowest BCUT2D eigenvalue weighted by atomic mass is 9.99. The molecule has 0 bridgehead atoms. The number of esters is 1. The van der Waals surface area contributed by atoms with Gasteiger partial charge in [0.1, 0.15) is 24.2 Å². The van der Waals surface area contributed by atoms with E-state index >= 15 is 0 Å². The summed E-state index contributed by atoms with van der Waals surface area (Å²) in [5.41, 5.74) is 5.39. The number of carbonyl (C=O) groups excluding carboxylic acids is 5. The number of benzene rings is 1. The van der Waals surface area contributed by atoms with Crippen LogP contribution in [0.2, 0.25) is 0 Å². The van der Waals surface area contributed by atoms with Crippen molar-refractivity contribution in [3.8, 4) is 0 Å². The van der Waals surface area contributed by atoms with Gasteiger partial charge < -0.3 is 35.8 Å². The molecule has 0 aliphatic rings. The van der Waals surface area contributed by atoms with Crippen molar-refractivity contribution in [1.82, 2.24) is 15.5 Å². The fraction of sp³-hybridized carbons (Fsp3) is 0.480. The van der Waals surface area contributed by atoms with Crippen LogP contribution in [0.1, 0.15) is 50.8 Å². The first kappa shape index (κ1) is 31.1. The summed E-state index contributed by atoms with van der Waals surface area (Å²) >= 11 is 0. The van der Waals surface area contributed by atoms with E-state index in [0.29, 0.717) is 11.1 Å². The van der Waals surface area contributed by atoms with E-state index in [1.54, 1.807) is 51.1 Å². The highest BCUT2D eigenvalue weighted by atomic mass is 16.6. The molecule has 0 spiro atoms. The maximum absolute atomic E-state index is 13.7. The second-order valence-electron chi connectivity index (χ2n) is 9.03. The fourth-order valence-corrected chi connectivity index (χ4v) is 3.33. The van der Waals surface area contributed by atoms with Crippen molar-refractivity contribution >= 4 is 35.9 Å². The van der Waals surface area contributed by atoms with E-state index in [4.69, 9.17) is 10.5 Å². The Morgan fingerprint density at radius 1 is 1.22 bits per heavy atom. The van der Waals surface area contributed by atoms with Gasteiger partial charge in [0.2, 0.25) is 17.7 Å². The van der Waals surface area contributed by atoms with Crippen molar-refractivity contribution in [3.05, 3.63) is 42.0 Å². The van der Waals surface area contributed by atoms with Crippen molar-refractivity contribution in [2.45, 2.75) is 51.3 Å². The van der Waals surface area contributed by atoms with Gasteiger partial charge in [0.25, 0.3) is 0 Å². The molecule has 0 fully saturated rings. The fourth-order valence-electron chi connectivity index (χ4n) is 3.33. The molecule has 1 rings (SSSR count). The maximum Gasteiger partial charge on any atom is 0.408 e. The van der Waals surface area contributed by atoms with Gasteiger partial charge in [-0.2, -0.15) is 0 Å². The topological polar surface area (TPSA) is 177 Å². The third-order valence-electron chi connectivity index (χ3n) is 4.95. The minimum absolute atomic E-state index is 0.182. The number of primary amides is 1. The van der Waals surface area contributed by atoms with E-state index in [1.165, 1.54) is 0 Å². The Kier molecular flexibility index (Phi) is 12.3. The Hall–Kier alpha value is -3.93. The highest BCUT2D eigenvalue weighted by Gasteiger charge is 2.36. The first-order chi connectivity index (χ1) is 17.3. The largest absolute Gasteiger partial charge is 0.468 e. The number of methoxy groups -OCH3 is 1. The molecule has 4 amide bonds. The van der Waals surface area contributed by atoms with Crippen LogP contribution >= 0.6 is 0 Å². The first-order valence-corrected chi connectivity index (χ1v) is 11.6. The number of hydrogen-bond donors (Lipinski definition) is 4. The summed E-state index contributed by atoms with van der Waals surface area (Å²) in [4.78, 5) is 63.6. The molecule has 1 aromatic carbocycles.